The Morgan fingerprint density at radius 3 is 2.50 bits per heavy atom. The van der Waals surface area contributed by atoms with E-state index in [0.717, 1.165) is 5.56 Å². The van der Waals surface area contributed by atoms with Gasteiger partial charge in [0.15, 0.2) is 0 Å². The summed E-state index contributed by atoms with van der Waals surface area (Å²) in [5, 5.41) is 3.33. The highest BCUT2D eigenvalue weighted by Crippen LogP contribution is 1.93. The van der Waals surface area contributed by atoms with E-state index in [1.165, 1.54) is 0 Å². The summed E-state index contributed by atoms with van der Waals surface area (Å²) in [6.45, 7) is 0. The number of hydrogen-bond acceptors (Lipinski definition) is 3. The van der Waals surface area contributed by atoms with Crippen molar-refractivity contribution in [3.8, 4) is 0 Å². The second-order valence-electron chi connectivity index (χ2n) is 1.75. The second-order valence-corrected chi connectivity index (χ2v) is 1.75. The number of nitrogens with zero attached hydrogens (tertiary/aromatic N) is 2. The average Bonchev–Trinajstić information content (AvgIpc) is 2.05. The van der Waals surface area contributed by atoms with Crippen LogP contribution < -0.4 is 11.6 Å². The summed E-state index contributed by atoms with van der Waals surface area (Å²) in [6.07, 6.45) is 3.26. The van der Waals surface area contributed by atoms with Crippen molar-refractivity contribution in [1.29, 1.82) is 0 Å². The van der Waals surface area contributed by atoms with E-state index in [9.17, 15) is 0 Å². The van der Waals surface area contributed by atoms with Crippen molar-refractivity contribution < 1.29 is 0 Å². The van der Waals surface area contributed by atoms with Crippen molar-refractivity contribution in [3.05, 3.63) is 30.1 Å². The summed E-state index contributed by atoms with van der Waals surface area (Å²) in [5.74, 6) is 5.27. The molecule has 1 rings (SSSR count). The molecule has 0 amide bonds. The highest BCUT2D eigenvalue weighted by molar-refractivity contribution is 5.96. The van der Waals surface area contributed by atoms with Gasteiger partial charge in [-0.15, -0.1) is 0 Å². The van der Waals surface area contributed by atoms with Crippen LogP contribution in [0.1, 0.15) is 5.56 Å². The van der Waals surface area contributed by atoms with Crippen LogP contribution in [0.15, 0.2) is 29.6 Å². The van der Waals surface area contributed by atoms with Crippen molar-refractivity contribution in [3.63, 3.8) is 0 Å². The lowest BCUT2D eigenvalue weighted by molar-refractivity contribution is 1.22. The van der Waals surface area contributed by atoms with Gasteiger partial charge in [0.1, 0.15) is 5.84 Å². The van der Waals surface area contributed by atoms with Gasteiger partial charge in [0.25, 0.3) is 0 Å². The molecule has 0 radical (unpaired) electrons. The van der Waals surface area contributed by atoms with Gasteiger partial charge in [0.2, 0.25) is 0 Å². The zero-order chi connectivity index (χ0) is 7.40. The lowest BCUT2D eigenvalue weighted by Gasteiger charge is -1.94. The number of amidine groups is 1. The third kappa shape index (κ3) is 1.22. The summed E-state index contributed by atoms with van der Waals surface area (Å²) < 4.78 is 0. The number of hydrazone groups is 1. The fourth-order valence-corrected chi connectivity index (χ4v) is 0.597. The molecule has 0 unspecified atom stereocenters. The van der Waals surface area contributed by atoms with Gasteiger partial charge in [-0.2, -0.15) is 5.10 Å². The summed E-state index contributed by atoms with van der Waals surface area (Å²) in [6, 6.07) is 3.48. The number of nitrogens with two attached hydrogens (primary N) is 2. The number of hydrogen-bond donors (Lipinski definition) is 2. The van der Waals surface area contributed by atoms with Crippen molar-refractivity contribution in [2.45, 2.75) is 0 Å². The molecule has 0 spiro atoms. The van der Waals surface area contributed by atoms with Crippen molar-refractivity contribution in [2.75, 3.05) is 0 Å². The molecule has 0 aromatic carbocycles. The van der Waals surface area contributed by atoms with Crippen LogP contribution in [0.3, 0.4) is 0 Å². The Labute approximate surface area is 58.6 Å². The maximum atomic E-state index is 5.39. The van der Waals surface area contributed by atoms with Gasteiger partial charge in [-0.1, -0.05) is 0 Å². The SMILES string of the molecule is N/N=[11C](\N)c1ccncc1. The normalized spacial score (nSPS) is 11.4. The first-order chi connectivity index (χ1) is 4.84. The van der Waals surface area contributed by atoms with E-state index in [1.807, 2.05) is 0 Å². The molecule has 0 atom stereocenters. The zero-order valence-electron chi connectivity index (χ0n) is 5.36. The zero-order valence-corrected chi connectivity index (χ0v) is 5.36. The van der Waals surface area contributed by atoms with Gasteiger partial charge in [0, 0.05) is 18.0 Å². The first-order valence-electron chi connectivity index (χ1n) is 2.78. The molecule has 52 valence electrons. The lowest BCUT2D eigenvalue weighted by Crippen LogP contribution is -2.15. The number of aromatic nitrogens is 1. The van der Waals surface area contributed by atoms with Gasteiger partial charge >= 0.3 is 0 Å². The van der Waals surface area contributed by atoms with Gasteiger partial charge < -0.3 is 11.6 Å². The van der Waals surface area contributed by atoms with Crippen LogP contribution in [-0.2, 0) is 0 Å². The van der Waals surface area contributed by atoms with Crippen molar-refractivity contribution in [1.82, 2.24) is 4.98 Å². The Balaban J connectivity index is 2.96. The minimum atomic E-state index is 0.322. The van der Waals surface area contributed by atoms with Crippen LogP contribution in [-0.4, -0.2) is 10.8 Å². The largest absolute Gasteiger partial charge is 0.382 e. The topological polar surface area (TPSA) is 77.3 Å². The van der Waals surface area contributed by atoms with Crippen molar-refractivity contribution >= 4 is 5.84 Å². The van der Waals surface area contributed by atoms with E-state index in [4.69, 9.17) is 11.6 Å². The Morgan fingerprint density at radius 2 is 2.00 bits per heavy atom. The summed E-state index contributed by atoms with van der Waals surface area (Å²) in [7, 11) is 0. The summed E-state index contributed by atoms with van der Waals surface area (Å²) >= 11 is 0. The Morgan fingerprint density at radius 1 is 1.40 bits per heavy atom. The standard InChI is InChI=1S/C6H8N4/c7-6(10-8)5-1-3-9-4-2-5/h1-4H,8H2,(H2,7,10)/i6-1. The predicted octanol–water partition coefficient (Wildman–Crippen LogP) is -0.339. The summed E-state index contributed by atoms with van der Waals surface area (Å²) in [5.41, 5.74) is 6.18. The molecule has 0 fully saturated rings. The maximum absolute atomic E-state index is 5.39. The quantitative estimate of drug-likeness (QED) is 0.239. The monoisotopic (exact) mass is 135 g/mol. The van der Waals surface area contributed by atoms with Crippen LogP contribution in [0.5, 0.6) is 0 Å². The van der Waals surface area contributed by atoms with Crippen LogP contribution in [0.4, 0.5) is 0 Å². The molecule has 0 aliphatic carbocycles. The minimum Gasteiger partial charge on any atom is -0.382 e. The Bertz CT molecular complexity index is 229. The minimum absolute atomic E-state index is 0.322. The molecule has 4 nitrogen and oxygen atoms in total. The van der Waals surface area contributed by atoms with E-state index in [0.29, 0.717) is 5.84 Å². The molecule has 0 aliphatic rings. The molecular weight excluding hydrogens is 127 g/mol. The predicted molar refractivity (Wildman–Crippen MR) is 39.1 cm³/mol. The molecule has 4 N–H and O–H groups in total. The fourth-order valence-electron chi connectivity index (χ4n) is 0.597. The molecule has 0 bridgehead atoms. The van der Waals surface area contributed by atoms with Gasteiger partial charge in [0.05, 0.1) is 0 Å². The van der Waals surface area contributed by atoms with Crippen LogP contribution in [0.25, 0.3) is 0 Å². The third-order valence-corrected chi connectivity index (χ3v) is 1.12. The fraction of sp³-hybridized carbons (Fsp3) is 0. The maximum Gasteiger partial charge on any atom is 0.150 e. The van der Waals surface area contributed by atoms with Gasteiger partial charge in [-0.25, -0.2) is 0 Å². The van der Waals surface area contributed by atoms with Gasteiger partial charge in [-0.05, 0) is 12.1 Å². The van der Waals surface area contributed by atoms with E-state index in [1.54, 1.807) is 24.5 Å². The smallest absolute Gasteiger partial charge is 0.150 e. The highest BCUT2D eigenvalue weighted by Gasteiger charge is 1.93. The van der Waals surface area contributed by atoms with Crippen molar-refractivity contribution in [2.24, 2.45) is 16.7 Å². The molecule has 1 aromatic heterocycles. The van der Waals surface area contributed by atoms with Gasteiger partial charge in [-0.3, -0.25) is 4.98 Å². The molecule has 1 heterocycles. The number of rotatable bonds is 1. The number of pyridine rings is 1. The van der Waals surface area contributed by atoms with Crippen LogP contribution >= 0.6 is 0 Å². The van der Waals surface area contributed by atoms with E-state index >= 15 is 0 Å². The molecular formula is C6H8N4. The summed E-state index contributed by atoms with van der Waals surface area (Å²) in [4.78, 5) is 3.81. The lowest BCUT2D eigenvalue weighted by atomic mass is 9.90. The first-order valence-corrected chi connectivity index (χ1v) is 2.78. The second kappa shape index (κ2) is 2.82. The van der Waals surface area contributed by atoms with Crippen LogP contribution in [0, 0.1) is 0 Å². The Hall–Kier alpha value is -1.58. The Kier molecular flexibility index (Phi) is 1.84. The average molecular weight is 135 g/mol. The first kappa shape index (κ1) is 6.54. The molecule has 1 aromatic rings. The molecule has 0 aliphatic heterocycles. The van der Waals surface area contributed by atoms with E-state index in [-0.39, 0.29) is 0 Å². The van der Waals surface area contributed by atoms with E-state index < -0.39 is 0 Å². The molecule has 0 saturated heterocycles. The molecule has 0 saturated carbocycles. The van der Waals surface area contributed by atoms with E-state index in [2.05, 4.69) is 10.1 Å². The molecule has 10 heavy (non-hydrogen) atoms. The van der Waals surface area contributed by atoms with Crippen LogP contribution in [0.2, 0.25) is 0 Å². The highest BCUT2D eigenvalue weighted by atomic mass is 15.1. The third-order valence-electron chi connectivity index (χ3n) is 1.12. The molecule has 4 heteroatoms.